The molecule has 0 aromatic heterocycles. The minimum absolute atomic E-state index is 0.114. The number of nitrogens with one attached hydrogen (secondary N) is 1. The summed E-state index contributed by atoms with van der Waals surface area (Å²) in [6.07, 6.45) is -5.79. The van der Waals surface area contributed by atoms with E-state index >= 15 is 0 Å². The number of carbonyl (C=O) groups is 1. The minimum Gasteiger partial charge on any atom is -0.506 e. The zero-order valence-corrected chi connectivity index (χ0v) is 11.4. The van der Waals surface area contributed by atoms with E-state index in [1.54, 1.807) is 20.8 Å². The quantitative estimate of drug-likeness (QED) is 0.747. The van der Waals surface area contributed by atoms with E-state index < -0.39 is 24.2 Å². The molecule has 0 saturated heterocycles. The van der Waals surface area contributed by atoms with E-state index in [1.165, 1.54) is 0 Å². The monoisotopic (exact) mass is 289 g/mol. The lowest BCUT2D eigenvalue weighted by molar-refractivity contribution is -0.00576. The Balaban J connectivity index is 2.90. The van der Waals surface area contributed by atoms with Crippen LogP contribution in [0.1, 0.15) is 32.4 Å². The van der Waals surface area contributed by atoms with Crippen molar-refractivity contribution in [1.29, 1.82) is 0 Å². The van der Waals surface area contributed by atoms with Crippen LogP contribution in [0.25, 0.3) is 0 Å². The van der Waals surface area contributed by atoms with Crippen LogP contribution in [0.15, 0.2) is 18.2 Å². The first-order valence-corrected chi connectivity index (χ1v) is 5.89. The zero-order valence-electron chi connectivity index (χ0n) is 11.4. The van der Waals surface area contributed by atoms with E-state index in [1.807, 2.05) is 0 Å². The lowest BCUT2D eigenvalue weighted by atomic mass is 10.1. The molecule has 112 valence electrons. The van der Waals surface area contributed by atoms with Crippen molar-refractivity contribution in [2.45, 2.75) is 38.9 Å². The second-order valence-corrected chi connectivity index (χ2v) is 5.18. The maximum absolute atomic E-state index is 12.4. The van der Waals surface area contributed by atoms with Gasteiger partial charge in [0.15, 0.2) is 0 Å². The summed E-state index contributed by atoms with van der Waals surface area (Å²) in [5, 5.41) is 21.1. The number of amides is 1. The van der Waals surface area contributed by atoms with E-state index in [0.717, 1.165) is 18.2 Å². The fourth-order valence-electron chi connectivity index (χ4n) is 1.40. The summed E-state index contributed by atoms with van der Waals surface area (Å²) in [7, 11) is 0. The molecule has 20 heavy (non-hydrogen) atoms. The summed E-state index contributed by atoms with van der Waals surface area (Å²) in [5.74, 6) is -0.318. The Bertz CT molecular complexity index is 486. The summed E-state index contributed by atoms with van der Waals surface area (Å²) in [4.78, 5) is 11.5. The molecule has 7 heteroatoms. The van der Waals surface area contributed by atoms with Gasteiger partial charge in [-0.2, -0.15) is 0 Å². The number of carbonyl (C=O) groups excluding carboxylic acids is 1. The molecule has 1 aromatic rings. The number of phenolic OH excluding ortho intramolecular Hbond substituents is 1. The molecule has 5 nitrogen and oxygen atoms in total. The molecule has 0 bridgehead atoms. The standard InChI is InChI=1S/C13H17F2NO4/c1-13(2,3)20-12(19)16-8-6-7(4-5-9(8)17)10(18)11(14)15/h4-6,10-11,17-18H,1-3H3,(H,16,19). The number of phenols is 1. The van der Waals surface area contributed by atoms with Crippen molar-refractivity contribution in [2.24, 2.45) is 0 Å². The fourth-order valence-corrected chi connectivity index (χ4v) is 1.40. The third-order valence-electron chi connectivity index (χ3n) is 2.24. The average Bonchev–Trinajstić information content (AvgIpc) is 2.28. The number of hydrogen-bond acceptors (Lipinski definition) is 4. The van der Waals surface area contributed by atoms with Crippen LogP contribution in [0.5, 0.6) is 5.75 Å². The summed E-state index contributed by atoms with van der Waals surface area (Å²) < 4.78 is 29.8. The van der Waals surface area contributed by atoms with Gasteiger partial charge in [-0.3, -0.25) is 5.32 Å². The lowest BCUT2D eigenvalue weighted by Crippen LogP contribution is -2.27. The van der Waals surface area contributed by atoms with Gasteiger partial charge in [-0.25, -0.2) is 13.6 Å². The van der Waals surface area contributed by atoms with Gasteiger partial charge in [-0.15, -0.1) is 0 Å². The highest BCUT2D eigenvalue weighted by Gasteiger charge is 2.21. The average molecular weight is 289 g/mol. The largest absolute Gasteiger partial charge is 0.506 e. The van der Waals surface area contributed by atoms with Crippen LogP contribution in [0, 0.1) is 0 Å². The van der Waals surface area contributed by atoms with Crippen molar-refractivity contribution in [2.75, 3.05) is 5.32 Å². The Kier molecular flexibility index (Phi) is 4.88. The van der Waals surface area contributed by atoms with Gasteiger partial charge in [0.05, 0.1) is 5.69 Å². The van der Waals surface area contributed by atoms with Gasteiger partial charge in [-0.1, -0.05) is 6.07 Å². The second-order valence-electron chi connectivity index (χ2n) is 5.18. The summed E-state index contributed by atoms with van der Waals surface area (Å²) in [5.41, 5.74) is -0.972. The van der Waals surface area contributed by atoms with E-state index in [4.69, 9.17) is 4.74 Å². The van der Waals surface area contributed by atoms with Gasteiger partial charge in [0.2, 0.25) is 0 Å². The molecule has 1 unspecified atom stereocenters. The zero-order chi connectivity index (χ0) is 15.5. The first-order chi connectivity index (χ1) is 9.10. The molecule has 1 rings (SSSR count). The van der Waals surface area contributed by atoms with Crippen molar-refractivity contribution in [3.63, 3.8) is 0 Å². The minimum atomic E-state index is -2.96. The first-order valence-electron chi connectivity index (χ1n) is 5.89. The van der Waals surface area contributed by atoms with Crippen molar-refractivity contribution < 1.29 is 28.5 Å². The van der Waals surface area contributed by atoms with Crippen LogP contribution >= 0.6 is 0 Å². The lowest BCUT2D eigenvalue weighted by Gasteiger charge is -2.20. The molecule has 0 fully saturated rings. The summed E-state index contributed by atoms with van der Waals surface area (Å²) in [6, 6.07) is 3.32. The number of alkyl halides is 2. The molecule has 1 atom stereocenters. The van der Waals surface area contributed by atoms with Crippen molar-refractivity contribution in [1.82, 2.24) is 0 Å². The Morgan fingerprint density at radius 3 is 2.45 bits per heavy atom. The summed E-state index contributed by atoms with van der Waals surface area (Å²) >= 11 is 0. The van der Waals surface area contributed by atoms with Crippen LogP contribution in [-0.2, 0) is 4.74 Å². The van der Waals surface area contributed by atoms with Gasteiger partial charge in [0.25, 0.3) is 6.43 Å². The van der Waals surface area contributed by atoms with Crippen LogP contribution in [-0.4, -0.2) is 28.3 Å². The normalized spacial score (nSPS) is 13.2. The van der Waals surface area contributed by atoms with E-state index in [0.29, 0.717) is 0 Å². The van der Waals surface area contributed by atoms with Crippen molar-refractivity contribution in [3.8, 4) is 5.75 Å². The number of rotatable bonds is 3. The van der Waals surface area contributed by atoms with Crippen molar-refractivity contribution in [3.05, 3.63) is 23.8 Å². The van der Waals surface area contributed by atoms with Crippen LogP contribution < -0.4 is 5.32 Å². The van der Waals surface area contributed by atoms with E-state index in [9.17, 15) is 23.8 Å². The third kappa shape index (κ3) is 4.65. The van der Waals surface area contributed by atoms with Crippen LogP contribution in [0.4, 0.5) is 19.3 Å². The van der Waals surface area contributed by atoms with Crippen LogP contribution in [0.3, 0.4) is 0 Å². The Morgan fingerprint density at radius 2 is 1.95 bits per heavy atom. The van der Waals surface area contributed by atoms with Gasteiger partial charge in [0.1, 0.15) is 17.5 Å². The molecule has 0 aliphatic carbocycles. The number of aromatic hydroxyl groups is 1. The fraction of sp³-hybridized carbons (Fsp3) is 0.462. The second kappa shape index (κ2) is 6.04. The van der Waals surface area contributed by atoms with Gasteiger partial charge < -0.3 is 14.9 Å². The van der Waals surface area contributed by atoms with Gasteiger partial charge in [0, 0.05) is 0 Å². The highest BCUT2D eigenvalue weighted by Crippen LogP contribution is 2.29. The van der Waals surface area contributed by atoms with Gasteiger partial charge >= 0.3 is 6.09 Å². The highest BCUT2D eigenvalue weighted by molar-refractivity contribution is 5.87. The maximum Gasteiger partial charge on any atom is 0.412 e. The molecule has 1 aromatic carbocycles. The number of ether oxygens (including phenoxy) is 1. The number of hydrogen-bond donors (Lipinski definition) is 3. The number of halogens is 2. The molecule has 1 amide bonds. The van der Waals surface area contributed by atoms with Gasteiger partial charge in [-0.05, 0) is 38.5 Å². The molecule has 0 heterocycles. The molecule has 0 radical (unpaired) electrons. The predicted molar refractivity (Wildman–Crippen MR) is 68.9 cm³/mol. The SMILES string of the molecule is CC(C)(C)OC(=O)Nc1cc(C(O)C(F)F)ccc1O. The molecule has 0 aliphatic rings. The Morgan fingerprint density at radius 1 is 1.35 bits per heavy atom. The van der Waals surface area contributed by atoms with Crippen LogP contribution in [0.2, 0.25) is 0 Å². The number of anilines is 1. The molecule has 0 spiro atoms. The predicted octanol–water partition coefficient (Wildman–Crippen LogP) is 3.04. The smallest absolute Gasteiger partial charge is 0.412 e. The van der Waals surface area contributed by atoms with Crippen molar-refractivity contribution >= 4 is 11.8 Å². The molecule has 0 saturated carbocycles. The molecule has 3 N–H and O–H groups in total. The summed E-state index contributed by atoms with van der Waals surface area (Å²) in [6.45, 7) is 4.97. The number of aliphatic hydroxyl groups excluding tert-OH is 1. The Labute approximate surface area is 115 Å². The topological polar surface area (TPSA) is 78.8 Å². The number of aliphatic hydroxyl groups is 1. The third-order valence-corrected chi connectivity index (χ3v) is 2.24. The molecular formula is C13H17F2NO4. The van der Waals surface area contributed by atoms with E-state index in [2.05, 4.69) is 5.32 Å². The molecule has 0 aliphatic heterocycles. The van der Waals surface area contributed by atoms with E-state index in [-0.39, 0.29) is 17.0 Å². The highest BCUT2D eigenvalue weighted by atomic mass is 19.3. The Hall–Kier alpha value is -1.89. The molecular weight excluding hydrogens is 272 g/mol. The number of benzene rings is 1. The maximum atomic E-state index is 12.4. The first kappa shape index (κ1) is 16.2.